The van der Waals surface area contributed by atoms with Gasteiger partial charge in [0.05, 0.1) is 41.6 Å². The number of likely N-dealkylation sites (tertiary alicyclic amines) is 1. The van der Waals surface area contributed by atoms with Crippen molar-refractivity contribution in [2.75, 3.05) is 24.5 Å². The van der Waals surface area contributed by atoms with Crippen LogP contribution in [0.2, 0.25) is 5.15 Å². The lowest BCUT2D eigenvalue weighted by Gasteiger charge is -2.54. The first-order valence-electron chi connectivity index (χ1n) is 9.30. The van der Waals surface area contributed by atoms with Crippen LogP contribution in [0.3, 0.4) is 0 Å². The van der Waals surface area contributed by atoms with Crippen molar-refractivity contribution in [1.82, 2.24) is 30.1 Å². The summed E-state index contributed by atoms with van der Waals surface area (Å²) in [6.45, 7) is 2.08. The summed E-state index contributed by atoms with van der Waals surface area (Å²) < 4.78 is 13.9. The van der Waals surface area contributed by atoms with E-state index in [0.717, 1.165) is 18.7 Å². The standard InChI is InChI=1S/C19H17ClFN7O/c20-18-8-14(9-22-25-18)27-10-12-3-6-26(11-17(12)27)19(29)15-7-13(21)1-2-16(15)28-23-4-5-24-28/h1-2,4-5,7-9,12,17H,3,6,10-11H2. The van der Waals surface area contributed by atoms with Gasteiger partial charge in [0.25, 0.3) is 5.91 Å². The minimum absolute atomic E-state index is 0.174. The molecule has 0 saturated carbocycles. The second-order valence-electron chi connectivity index (χ2n) is 7.24. The maximum Gasteiger partial charge on any atom is 0.256 e. The topological polar surface area (TPSA) is 80.0 Å². The van der Waals surface area contributed by atoms with Gasteiger partial charge in [-0.25, -0.2) is 4.39 Å². The molecule has 4 heterocycles. The van der Waals surface area contributed by atoms with E-state index in [-0.39, 0.29) is 17.5 Å². The van der Waals surface area contributed by atoms with E-state index in [9.17, 15) is 9.18 Å². The van der Waals surface area contributed by atoms with E-state index in [0.29, 0.717) is 29.8 Å². The zero-order valence-electron chi connectivity index (χ0n) is 15.3. The van der Waals surface area contributed by atoms with Crippen LogP contribution in [-0.2, 0) is 0 Å². The van der Waals surface area contributed by atoms with E-state index < -0.39 is 5.82 Å². The average Bonchev–Trinajstić information content (AvgIpc) is 3.23. The van der Waals surface area contributed by atoms with Gasteiger partial charge in [-0.2, -0.15) is 20.1 Å². The van der Waals surface area contributed by atoms with Crippen LogP contribution in [0.1, 0.15) is 16.8 Å². The second-order valence-corrected chi connectivity index (χ2v) is 7.62. The van der Waals surface area contributed by atoms with Crippen molar-refractivity contribution >= 4 is 23.2 Å². The normalized spacial score (nSPS) is 20.9. The van der Waals surface area contributed by atoms with Gasteiger partial charge in [0.1, 0.15) is 5.82 Å². The van der Waals surface area contributed by atoms with E-state index in [1.165, 1.54) is 35.4 Å². The van der Waals surface area contributed by atoms with E-state index >= 15 is 0 Å². The first-order valence-corrected chi connectivity index (χ1v) is 9.68. The lowest BCUT2D eigenvalue weighted by atomic mass is 9.81. The lowest BCUT2D eigenvalue weighted by molar-refractivity contribution is 0.0591. The summed E-state index contributed by atoms with van der Waals surface area (Å²) in [4.78, 5) is 18.6. The first kappa shape index (κ1) is 18.0. The predicted octanol–water partition coefficient (Wildman–Crippen LogP) is 2.20. The molecule has 2 fully saturated rings. The van der Waals surface area contributed by atoms with E-state index in [1.807, 2.05) is 0 Å². The number of anilines is 1. The van der Waals surface area contributed by atoms with Gasteiger partial charge >= 0.3 is 0 Å². The summed E-state index contributed by atoms with van der Waals surface area (Å²) in [5.41, 5.74) is 1.60. The van der Waals surface area contributed by atoms with Gasteiger partial charge in [-0.1, -0.05) is 11.6 Å². The Balaban J connectivity index is 1.40. The Hall–Kier alpha value is -3.07. The van der Waals surface area contributed by atoms with Gasteiger partial charge in [0.15, 0.2) is 5.15 Å². The number of carbonyl (C=O) groups is 1. The third-order valence-electron chi connectivity index (χ3n) is 5.61. The molecule has 148 valence electrons. The SMILES string of the molecule is O=C(c1cc(F)ccc1-n1nccn1)N1CCC2CN(c3cnnc(Cl)c3)C2C1. The predicted molar refractivity (Wildman–Crippen MR) is 104 cm³/mol. The number of rotatable bonds is 3. The van der Waals surface area contributed by atoms with Crippen LogP contribution in [0.25, 0.3) is 5.69 Å². The third-order valence-corrected chi connectivity index (χ3v) is 5.79. The van der Waals surface area contributed by atoms with E-state index in [2.05, 4.69) is 25.3 Å². The number of carbonyl (C=O) groups excluding carboxylic acids is 1. The minimum Gasteiger partial charge on any atom is -0.365 e. The summed E-state index contributed by atoms with van der Waals surface area (Å²) in [7, 11) is 0. The molecule has 3 aromatic rings. The summed E-state index contributed by atoms with van der Waals surface area (Å²) in [5, 5.41) is 16.2. The van der Waals surface area contributed by atoms with Crippen molar-refractivity contribution in [2.24, 2.45) is 5.92 Å². The highest BCUT2D eigenvalue weighted by atomic mass is 35.5. The van der Waals surface area contributed by atoms with Crippen LogP contribution in [0.4, 0.5) is 10.1 Å². The minimum atomic E-state index is -0.470. The van der Waals surface area contributed by atoms with Gasteiger partial charge < -0.3 is 9.80 Å². The van der Waals surface area contributed by atoms with Crippen LogP contribution in [0.15, 0.2) is 42.9 Å². The molecule has 0 N–H and O–H groups in total. The summed E-state index contributed by atoms with van der Waals surface area (Å²) in [6, 6.07) is 6.02. The highest BCUT2D eigenvalue weighted by Crippen LogP contribution is 2.37. The molecule has 0 bridgehead atoms. The molecule has 0 spiro atoms. The summed E-state index contributed by atoms with van der Waals surface area (Å²) in [6.07, 6.45) is 5.60. The Bertz CT molecular complexity index is 1060. The van der Waals surface area contributed by atoms with Gasteiger partial charge in [-0.05, 0) is 24.6 Å². The quantitative estimate of drug-likeness (QED) is 0.655. The smallest absolute Gasteiger partial charge is 0.256 e. The first-order chi connectivity index (χ1) is 14.1. The number of hydrogen-bond donors (Lipinski definition) is 0. The number of fused-ring (bicyclic) bond motifs is 1. The molecular weight excluding hydrogens is 397 g/mol. The monoisotopic (exact) mass is 413 g/mol. The number of nitrogens with zero attached hydrogens (tertiary/aromatic N) is 7. The Morgan fingerprint density at radius 2 is 2.00 bits per heavy atom. The third kappa shape index (κ3) is 3.21. The second kappa shape index (κ2) is 7.07. The molecular formula is C19H17ClFN7O. The molecule has 2 aliphatic heterocycles. The number of benzene rings is 1. The van der Waals surface area contributed by atoms with Crippen LogP contribution < -0.4 is 4.90 Å². The zero-order chi connectivity index (χ0) is 20.0. The van der Waals surface area contributed by atoms with Crippen molar-refractivity contribution in [3.05, 3.63) is 59.4 Å². The number of hydrogen-bond acceptors (Lipinski definition) is 6. The lowest BCUT2D eigenvalue weighted by Crippen LogP contribution is -2.65. The molecule has 2 saturated heterocycles. The van der Waals surface area contributed by atoms with Crippen LogP contribution >= 0.6 is 11.6 Å². The molecule has 0 radical (unpaired) electrons. The van der Waals surface area contributed by atoms with Crippen molar-refractivity contribution < 1.29 is 9.18 Å². The largest absolute Gasteiger partial charge is 0.365 e. The summed E-state index contributed by atoms with van der Waals surface area (Å²) in [5.74, 6) is -0.194. The Morgan fingerprint density at radius 3 is 2.79 bits per heavy atom. The van der Waals surface area contributed by atoms with Gasteiger partial charge in [-0.15, -0.1) is 5.10 Å². The van der Waals surface area contributed by atoms with Crippen LogP contribution in [0.5, 0.6) is 0 Å². The zero-order valence-corrected chi connectivity index (χ0v) is 16.1. The fraction of sp³-hybridized carbons (Fsp3) is 0.316. The molecule has 2 aliphatic rings. The Kier molecular flexibility index (Phi) is 4.39. The van der Waals surface area contributed by atoms with Gasteiger partial charge in [-0.3, -0.25) is 4.79 Å². The number of halogens is 2. The number of piperidine rings is 1. The molecule has 2 aromatic heterocycles. The molecule has 1 amide bonds. The van der Waals surface area contributed by atoms with Gasteiger partial charge in [0, 0.05) is 31.6 Å². The maximum atomic E-state index is 13.9. The fourth-order valence-electron chi connectivity index (χ4n) is 4.13. The highest BCUT2D eigenvalue weighted by Gasteiger charge is 2.44. The van der Waals surface area contributed by atoms with Gasteiger partial charge in [0.2, 0.25) is 0 Å². The molecule has 1 aromatic carbocycles. The molecule has 29 heavy (non-hydrogen) atoms. The van der Waals surface area contributed by atoms with Crippen molar-refractivity contribution in [2.45, 2.75) is 12.5 Å². The van der Waals surface area contributed by atoms with Crippen LogP contribution in [0, 0.1) is 11.7 Å². The summed E-state index contributed by atoms with van der Waals surface area (Å²) >= 11 is 5.97. The molecule has 2 unspecified atom stereocenters. The average molecular weight is 414 g/mol. The fourth-order valence-corrected chi connectivity index (χ4v) is 4.29. The van der Waals surface area contributed by atoms with Crippen molar-refractivity contribution in [3.8, 4) is 5.69 Å². The van der Waals surface area contributed by atoms with E-state index in [4.69, 9.17) is 11.6 Å². The van der Waals surface area contributed by atoms with Crippen molar-refractivity contribution in [3.63, 3.8) is 0 Å². The maximum absolute atomic E-state index is 13.9. The molecule has 5 rings (SSSR count). The molecule has 10 heteroatoms. The van der Waals surface area contributed by atoms with Crippen molar-refractivity contribution in [1.29, 1.82) is 0 Å². The van der Waals surface area contributed by atoms with Crippen LogP contribution in [-0.4, -0.2) is 61.7 Å². The Morgan fingerprint density at radius 1 is 1.17 bits per heavy atom. The number of amides is 1. The number of aromatic nitrogens is 5. The molecule has 8 nitrogen and oxygen atoms in total. The Labute approximate surface area is 170 Å². The van der Waals surface area contributed by atoms with E-state index in [1.54, 1.807) is 17.2 Å². The molecule has 0 aliphatic carbocycles. The highest BCUT2D eigenvalue weighted by molar-refractivity contribution is 6.29. The molecule has 2 atom stereocenters.